The number of carboxylic acids is 1. The lowest BCUT2D eigenvalue weighted by molar-refractivity contribution is -0.150. The highest BCUT2D eigenvalue weighted by Crippen LogP contribution is 2.37. The Morgan fingerprint density at radius 1 is 1.43 bits per heavy atom. The van der Waals surface area contributed by atoms with Crippen LogP contribution in [0.3, 0.4) is 0 Å². The van der Waals surface area contributed by atoms with Crippen LogP contribution in [0.4, 0.5) is 0 Å². The van der Waals surface area contributed by atoms with E-state index in [1.54, 1.807) is 11.3 Å². The van der Waals surface area contributed by atoms with Gasteiger partial charge in [-0.25, -0.2) is 0 Å². The third kappa shape index (κ3) is 2.47. The third-order valence-electron chi connectivity index (χ3n) is 4.61. The van der Waals surface area contributed by atoms with Crippen molar-refractivity contribution < 1.29 is 9.90 Å². The van der Waals surface area contributed by atoms with E-state index in [1.807, 2.05) is 0 Å². The molecule has 1 aliphatic rings. The number of fused-ring (bicyclic) bond motifs is 1. The van der Waals surface area contributed by atoms with Gasteiger partial charge >= 0.3 is 5.97 Å². The number of hydrogen-bond donors (Lipinski definition) is 1. The fourth-order valence-electron chi connectivity index (χ4n) is 3.57. The van der Waals surface area contributed by atoms with Crippen LogP contribution < -0.4 is 0 Å². The molecular weight excluding hydrogens is 282 g/mol. The first kappa shape index (κ1) is 14.5. The van der Waals surface area contributed by atoms with Gasteiger partial charge in [0.25, 0.3) is 0 Å². The molecule has 1 aromatic carbocycles. The summed E-state index contributed by atoms with van der Waals surface area (Å²) in [6.45, 7) is 3.70. The Hall–Kier alpha value is -1.39. The number of carboxylic acid groups (broad SMARTS) is 1. The standard InChI is InChI=1S/C17H21NO2S/c1-2-8-17(16(19)20)9-5-10-18(17)11-13-12-21-15-7-4-3-6-14(13)15/h3-4,6-7,12H,2,5,8-11H2,1H3,(H,19,20). The molecule has 0 saturated carbocycles. The molecular formula is C17H21NO2S. The van der Waals surface area contributed by atoms with Crippen LogP contribution in [-0.2, 0) is 11.3 Å². The first-order chi connectivity index (χ1) is 10.2. The van der Waals surface area contributed by atoms with Crippen molar-refractivity contribution in [2.24, 2.45) is 0 Å². The van der Waals surface area contributed by atoms with Crippen molar-refractivity contribution in [1.29, 1.82) is 0 Å². The molecule has 112 valence electrons. The Kier molecular flexibility index (Phi) is 4.00. The number of hydrogen-bond acceptors (Lipinski definition) is 3. The predicted molar refractivity (Wildman–Crippen MR) is 86.7 cm³/mol. The van der Waals surface area contributed by atoms with Gasteiger partial charge in [-0.1, -0.05) is 31.5 Å². The summed E-state index contributed by atoms with van der Waals surface area (Å²) in [5, 5.41) is 13.2. The average Bonchev–Trinajstić information content (AvgIpc) is 3.06. The van der Waals surface area contributed by atoms with E-state index in [0.29, 0.717) is 0 Å². The monoisotopic (exact) mass is 303 g/mol. The van der Waals surface area contributed by atoms with Crippen molar-refractivity contribution in [3.63, 3.8) is 0 Å². The summed E-state index contributed by atoms with van der Waals surface area (Å²) < 4.78 is 1.28. The molecule has 1 unspecified atom stereocenters. The van der Waals surface area contributed by atoms with Gasteiger partial charge in [-0.3, -0.25) is 9.69 Å². The quantitative estimate of drug-likeness (QED) is 0.903. The molecule has 1 saturated heterocycles. The van der Waals surface area contributed by atoms with E-state index < -0.39 is 11.5 Å². The van der Waals surface area contributed by atoms with E-state index in [-0.39, 0.29) is 0 Å². The zero-order chi connectivity index (χ0) is 14.9. The minimum atomic E-state index is -0.655. The highest BCUT2D eigenvalue weighted by atomic mass is 32.1. The first-order valence-electron chi connectivity index (χ1n) is 7.61. The summed E-state index contributed by atoms with van der Waals surface area (Å²) in [7, 11) is 0. The second-order valence-electron chi connectivity index (χ2n) is 5.87. The van der Waals surface area contributed by atoms with E-state index in [9.17, 15) is 9.90 Å². The minimum Gasteiger partial charge on any atom is -0.480 e. The Bertz CT molecular complexity index is 651. The highest BCUT2D eigenvalue weighted by molar-refractivity contribution is 7.17. The maximum absolute atomic E-state index is 11.9. The molecule has 1 aromatic heterocycles. The molecule has 2 aromatic rings. The van der Waals surface area contributed by atoms with Crippen LogP contribution >= 0.6 is 11.3 Å². The van der Waals surface area contributed by atoms with Crippen molar-refractivity contribution in [3.8, 4) is 0 Å². The lowest BCUT2D eigenvalue weighted by atomic mass is 9.90. The zero-order valence-corrected chi connectivity index (χ0v) is 13.2. The minimum absolute atomic E-state index is 0.651. The number of rotatable bonds is 5. The highest BCUT2D eigenvalue weighted by Gasteiger charge is 2.46. The Labute approximate surface area is 129 Å². The molecule has 1 N–H and O–H groups in total. The number of benzene rings is 1. The van der Waals surface area contributed by atoms with E-state index >= 15 is 0 Å². The number of thiophene rings is 1. The molecule has 3 rings (SSSR count). The van der Waals surface area contributed by atoms with Crippen molar-refractivity contribution in [3.05, 3.63) is 35.2 Å². The molecule has 21 heavy (non-hydrogen) atoms. The van der Waals surface area contributed by atoms with Crippen LogP contribution in [0.1, 0.15) is 38.2 Å². The third-order valence-corrected chi connectivity index (χ3v) is 5.62. The SMILES string of the molecule is CCCC1(C(=O)O)CCCN1Cc1csc2ccccc12. The fourth-order valence-corrected chi connectivity index (χ4v) is 4.53. The van der Waals surface area contributed by atoms with Crippen LogP contribution in [-0.4, -0.2) is 28.1 Å². The van der Waals surface area contributed by atoms with Gasteiger partial charge in [0.05, 0.1) is 0 Å². The predicted octanol–water partition coefficient (Wildman–Crippen LogP) is 4.12. The van der Waals surface area contributed by atoms with Gasteiger partial charge in [-0.05, 0) is 48.2 Å². The van der Waals surface area contributed by atoms with Gasteiger partial charge in [0, 0.05) is 11.2 Å². The normalized spacial score (nSPS) is 22.9. The molecule has 0 bridgehead atoms. The topological polar surface area (TPSA) is 40.5 Å². The van der Waals surface area contributed by atoms with Crippen molar-refractivity contribution in [1.82, 2.24) is 4.90 Å². The second-order valence-corrected chi connectivity index (χ2v) is 6.78. The Balaban J connectivity index is 1.91. The summed E-state index contributed by atoms with van der Waals surface area (Å²) in [5.41, 5.74) is 0.608. The maximum atomic E-state index is 11.9. The number of likely N-dealkylation sites (tertiary alicyclic amines) is 1. The van der Waals surface area contributed by atoms with Gasteiger partial charge in [0.1, 0.15) is 5.54 Å². The Morgan fingerprint density at radius 3 is 3.00 bits per heavy atom. The van der Waals surface area contributed by atoms with Crippen molar-refractivity contribution in [2.45, 2.75) is 44.7 Å². The maximum Gasteiger partial charge on any atom is 0.324 e. The van der Waals surface area contributed by atoms with Crippen molar-refractivity contribution in [2.75, 3.05) is 6.54 Å². The number of aliphatic carboxylic acids is 1. The van der Waals surface area contributed by atoms with Crippen molar-refractivity contribution >= 4 is 27.4 Å². The average molecular weight is 303 g/mol. The summed E-state index contributed by atoms with van der Waals surface area (Å²) in [4.78, 5) is 14.1. The molecule has 0 amide bonds. The molecule has 4 heteroatoms. The van der Waals surface area contributed by atoms with Crippen LogP contribution in [0.15, 0.2) is 29.6 Å². The van der Waals surface area contributed by atoms with Gasteiger partial charge in [-0.15, -0.1) is 11.3 Å². The summed E-state index contributed by atoms with van der Waals surface area (Å²) in [6.07, 6.45) is 3.41. The second kappa shape index (κ2) is 5.78. The molecule has 1 aliphatic heterocycles. The lowest BCUT2D eigenvalue weighted by Gasteiger charge is -2.34. The van der Waals surface area contributed by atoms with E-state index in [4.69, 9.17) is 0 Å². The van der Waals surface area contributed by atoms with Crippen LogP contribution in [0.25, 0.3) is 10.1 Å². The van der Waals surface area contributed by atoms with E-state index in [2.05, 4.69) is 41.5 Å². The van der Waals surface area contributed by atoms with Gasteiger partial charge in [-0.2, -0.15) is 0 Å². The van der Waals surface area contributed by atoms with E-state index in [0.717, 1.165) is 38.8 Å². The van der Waals surface area contributed by atoms with Crippen LogP contribution in [0, 0.1) is 0 Å². The van der Waals surface area contributed by atoms with E-state index in [1.165, 1.54) is 15.6 Å². The van der Waals surface area contributed by atoms with Crippen LogP contribution in [0.2, 0.25) is 0 Å². The summed E-state index contributed by atoms with van der Waals surface area (Å²) >= 11 is 1.75. The van der Waals surface area contributed by atoms with Gasteiger partial charge < -0.3 is 5.11 Å². The largest absolute Gasteiger partial charge is 0.480 e. The lowest BCUT2D eigenvalue weighted by Crippen LogP contribution is -2.49. The molecule has 1 atom stereocenters. The van der Waals surface area contributed by atoms with Gasteiger partial charge in [0.2, 0.25) is 0 Å². The zero-order valence-electron chi connectivity index (χ0n) is 12.3. The molecule has 0 spiro atoms. The summed E-state index contributed by atoms with van der Waals surface area (Å²) in [6, 6.07) is 8.37. The molecule has 0 aliphatic carbocycles. The number of carbonyl (C=O) groups is 1. The summed E-state index contributed by atoms with van der Waals surface area (Å²) in [5.74, 6) is -0.651. The molecule has 0 radical (unpaired) electrons. The Morgan fingerprint density at radius 2 is 2.24 bits per heavy atom. The number of nitrogens with zero attached hydrogens (tertiary/aromatic N) is 1. The van der Waals surface area contributed by atoms with Crippen LogP contribution in [0.5, 0.6) is 0 Å². The fraction of sp³-hybridized carbons (Fsp3) is 0.471. The molecule has 3 nitrogen and oxygen atoms in total. The molecule has 2 heterocycles. The first-order valence-corrected chi connectivity index (χ1v) is 8.49. The smallest absolute Gasteiger partial charge is 0.324 e. The molecule has 1 fully saturated rings. The van der Waals surface area contributed by atoms with Gasteiger partial charge in [0.15, 0.2) is 0 Å².